The summed E-state index contributed by atoms with van der Waals surface area (Å²) in [5.41, 5.74) is 1.23. The maximum Gasteiger partial charge on any atom is 0.288 e. The molecule has 1 aliphatic heterocycles. The molecule has 2 aromatic rings. The van der Waals surface area contributed by atoms with Crippen molar-refractivity contribution in [2.75, 3.05) is 5.32 Å². The second kappa shape index (κ2) is 10.1. The first kappa shape index (κ1) is 22.3. The van der Waals surface area contributed by atoms with Gasteiger partial charge in [0.1, 0.15) is 5.25 Å². The van der Waals surface area contributed by atoms with Gasteiger partial charge in [-0.15, -0.1) is 0 Å². The lowest BCUT2D eigenvalue weighted by atomic mass is 10.2. The van der Waals surface area contributed by atoms with Crippen LogP contribution in [0.5, 0.6) is 0 Å². The summed E-state index contributed by atoms with van der Waals surface area (Å²) in [6, 6.07) is 15.4. The molecule has 158 valence electrons. The van der Waals surface area contributed by atoms with Crippen LogP contribution in [0.25, 0.3) is 0 Å². The van der Waals surface area contributed by atoms with Crippen molar-refractivity contribution in [2.24, 2.45) is 4.99 Å². The van der Waals surface area contributed by atoms with E-state index in [0.717, 1.165) is 0 Å². The standard InChI is InChI=1S/C21H21F2N3O2S2/c1-13(2)26-19(28)17(12-18(27)24-14-6-4-3-5-7-14)30-21(26)25-15-8-10-16(11-9-15)29-20(22)23/h3-11,13,17,20H,12H2,1-2H3,(H,24,27)/t17-/m0/s1. The molecule has 1 aliphatic rings. The second-order valence-electron chi connectivity index (χ2n) is 6.79. The van der Waals surface area contributed by atoms with Gasteiger partial charge in [-0.05, 0) is 50.2 Å². The molecule has 2 amide bonds. The number of aliphatic imine (C=N–C) groups is 1. The third-order valence-electron chi connectivity index (χ3n) is 4.20. The number of carbonyl (C=O) groups excluding carboxylic acids is 2. The van der Waals surface area contributed by atoms with Crippen LogP contribution >= 0.6 is 23.5 Å². The van der Waals surface area contributed by atoms with Crippen molar-refractivity contribution in [1.29, 1.82) is 0 Å². The van der Waals surface area contributed by atoms with Crippen molar-refractivity contribution < 1.29 is 18.4 Å². The van der Waals surface area contributed by atoms with Crippen molar-refractivity contribution >= 4 is 51.9 Å². The first-order chi connectivity index (χ1) is 14.3. The molecule has 0 saturated carbocycles. The van der Waals surface area contributed by atoms with E-state index in [2.05, 4.69) is 10.3 Å². The smallest absolute Gasteiger partial charge is 0.288 e. The minimum atomic E-state index is -2.48. The highest BCUT2D eigenvalue weighted by Crippen LogP contribution is 2.34. The van der Waals surface area contributed by atoms with Crippen molar-refractivity contribution in [3.8, 4) is 0 Å². The molecule has 0 spiro atoms. The minimum Gasteiger partial charge on any atom is -0.326 e. The molecule has 2 aromatic carbocycles. The molecule has 0 aliphatic carbocycles. The van der Waals surface area contributed by atoms with Gasteiger partial charge in [-0.3, -0.25) is 14.5 Å². The van der Waals surface area contributed by atoms with Crippen molar-refractivity contribution in [1.82, 2.24) is 4.90 Å². The summed E-state index contributed by atoms with van der Waals surface area (Å²) < 4.78 is 24.9. The van der Waals surface area contributed by atoms with Gasteiger partial charge in [-0.2, -0.15) is 8.78 Å². The molecule has 5 nitrogen and oxygen atoms in total. The highest BCUT2D eigenvalue weighted by atomic mass is 32.2. The summed E-state index contributed by atoms with van der Waals surface area (Å²) in [5, 5.41) is 2.73. The lowest BCUT2D eigenvalue weighted by molar-refractivity contribution is -0.129. The lowest BCUT2D eigenvalue weighted by Gasteiger charge is -2.20. The maximum absolute atomic E-state index is 12.9. The molecule has 1 heterocycles. The van der Waals surface area contributed by atoms with Crippen molar-refractivity contribution in [3.63, 3.8) is 0 Å². The van der Waals surface area contributed by atoms with E-state index in [0.29, 0.717) is 33.2 Å². The summed E-state index contributed by atoms with van der Waals surface area (Å²) >= 11 is 1.71. The average Bonchev–Trinajstić information content (AvgIpc) is 2.98. The zero-order valence-corrected chi connectivity index (χ0v) is 18.1. The van der Waals surface area contributed by atoms with Gasteiger partial charge >= 0.3 is 0 Å². The van der Waals surface area contributed by atoms with Gasteiger partial charge in [0.15, 0.2) is 5.17 Å². The fourth-order valence-electron chi connectivity index (χ4n) is 2.88. The Labute approximate surface area is 182 Å². The van der Waals surface area contributed by atoms with E-state index in [1.54, 1.807) is 41.3 Å². The Morgan fingerprint density at radius 3 is 2.43 bits per heavy atom. The molecule has 1 fully saturated rings. The number of carbonyl (C=O) groups is 2. The average molecular weight is 450 g/mol. The predicted octanol–water partition coefficient (Wildman–Crippen LogP) is 5.37. The highest BCUT2D eigenvalue weighted by Gasteiger charge is 2.40. The van der Waals surface area contributed by atoms with Crippen molar-refractivity contribution in [3.05, 3.63) is 54.6 Å². The number of alkyl halides is 2. The Kier molecular flexibility index (Phi) is 7.49. The summed E-state index contributed by atoms with van der Waals surface area (Å²) in [6.45, 7) is 3.76. The number of nitrogens with one attached hydrogen (secondary N) is 1. The number of para-hydroxylation sites is 1. The van der Waals surface area contributed by atoms with E-state index in [1.807, 2.05) is 32.0 Å². The maximum atomic E-state index is 12.9. The van der Waals surface area contributed by atoms with E-state index in [4.69, 9.17) is 0 Å². The third kappa shape index (κ3) is 5.82. The zero-order valence-electron chi connectivity index (χ0n) is 16.4. The van der Waals surface area contributed by atoms with E-state index in [-0.39, 0.29) is 24.3 Å². The molecule has 30 heavy (non-hydrogen) atoms. The molecule has 0 unspecified atom stereocenters. The number of hydrogen-bond donors (Lipinski definition) is 1. The first-order valence-electron chi connectivity index (χ1n) is 9.31. The lowest BCUT2D eigenvalue weighted by Crippen LogP contribution is -2.38. The fourth-order valence-corrected chi connectivity index (χ4v) is 4.66. The van der Waals surface area contributed by atoms with E-state index >= 15 is 0 Å². The number of benzene rings is 2. The summed E-state index contributed by atoms with van der Waals surface area (Å²) in [6.07, 6.45) is 0.0323. The molecule has 1 N–H and O–H groups in total. The Morgan fingerprint density at radius 2 is 1.83 bits per heavy atom. The number of anilines is 1. The number of halogens is 2. The minimum absolute atomic E-state index is 0.0323. The van der Waals surface area contributed by atoms with Crippen LogP contribution in [0.2, 0.25) is 0 Å². The van der Waals surface area contributed by atoms with Crippen LogP contribution in [-0.4, -0.2) is 38.9 Å². The summed E-state index contributed by atoms with van der Waals surface area (Å²) in [5.74, 6) is -2.89. The number of thioether (sulfide) groups is 2. The summed E-state index contributed by atoms with van der Waals surface area (Å²) in [4.78, 5) is 31.8. The van der Waals surface area contributed by atoms with Crippen LogP contribution in [0, 0.1) is 0 Å². The van der Waals surface area contributed by atoms with E-state index in [9.17, 15) is 18.4 Å². The molecule has 0 aromatic heterocycles. The van der Waals surface area contributed by atoms with Crippen LogP contribution in [0.1, 0.15) is 20.3 Å². The summed E-state index contributed by atoms with van der Waals surface area (Å²) in [7, 11) is 0. The zero-order chi connectivity index (χ0) is 21.7. The van der Waals surface area contributed by atoms with Crippen LogP contribution in [0.4, 0.5) is 20.2 Å². The Bertz CT molecular complexity index is 922. The van der Waals surface area contributed by atoms with Gasteiger partial charge in [0, 0.05) is 23.0 Å². The number of hydrogen-bond acceptors (Lipinski definition) is 5. The SMILES string of the molecule is CC(C)N1C(=O)[C@H](CC(=O)Nc2ccccc2)SC1=Nc1ccc(SC(F)F)cc1. The van der Waals surface area contributed by atoms with Crippen LogP contribution < -0.4 is 5.32 Å². The Hall–Kier alpha value is -2.39. The van der Waals surface area contributed by atoms with Gasteiger partial charge in [0.05, 0.1) is 5.69 Å². The largest absolute Gasteiger partial charge is 0.326 e. The Balaban J connectivity index is 1.72. The van der Waals surface area contributed by atoms with Gasteiger partial charge in [-0.1, -0.05) is 41.7 Å². The quantitative estimate of drug-likeness (QED) is 0.578. The molecule has 0 radical (unpaired) electrons. The number of amides is 2. The number of amidine groups is 1. The third-order valence-corrected chi connectivity index (χ3v) is 6.07. The Morgan fingerprint density at radius 1 is 1.17 bits per heavy atom. The van der Waals surface area contributed by atoms with E-state index < -0.39 is 11.0 Å². The topological polar surface area (TPSA) is 61.8 Å². The molecule has 1 atom stereocenters. The molecular formula is C21H21F2N3O2S2. The normalized spacial score (nSPS) is 17.9. The molecule has 9 heteroatoms. The van der Waals surface area contributed by atoms with Crippen LogP contribution in [-0.2, 0) is 9.59 Å². The highest BCUT2D eigenvalue weighted by molar-refractivity contribution is 8.15. The molecule has 3 rings (SSSR count). The number of rotatable bonds is 7. The molecular weight excluding hydrogens is 428 g/mol. The van der Waals surface area contributed by atoms with Gasteiger partial charge in [-0.25, -0.2) is 4.99 Å². The van der Waals surface area contributed by atoms with Gasteiger partial charge < -0.3 is 5.32 Å². The second-order valence-corrected chi connectivity index (χ2v) is 9.03. The van der Waals surface area contributed by atoms with Gasteiger partial charge in [0.2, 0.25) is 11.8 Å². The van der Waals surface area contributed by atoms with Crippen LogP contribution in [0.15, 0.2) is 64.5 Å². The fraction of sp³-hybridized carbons (Fsp3) is 0.286. The van der Waals surface area contributed by atoms with Gasteiger partial charge in [0.25, 0.3) is 5.76 Å². The molecule has 0 bridgehead atoms. The molecule has 1 saturated heterocycles. The van der Waals surface area contributed by atoms with E-state index in [1.165, 1.54) is 11.8 Å². The number of nitrogens with zero attached hydrogens (tertiary/aromatic N) is 2. The van der Waals surface area contributed by atoms with Crippen molar-refractivity contribution in [2.45, 2.75) is 42.2 Å². The predicted molar refractivity (Wildman–Crippen MR) is 118 cm³/mol. The monoisotopic (exact) mass is 449 g/mol. The first-order valence-corrected chi connectivity index (χ1v) is 11.1. The van der Waals surface area contributed by atoms with Crippen LogP contribution in [0.3, 0.4) is 0 Å².